The van der Waals surface area contributed by atoms with E-state index in [0.29, 0.717) is 34.9 Å². The lowest BCUT2D eigenvalue weighted by atomic mass is 9.91. The van der Waals surface area contributed by atoms with Gasteiger partial charge in [-0.2, -0.15) is 0 Å². The molecule has 0 unspecified atom stereocenters. The first-order chi connectivity index (χ1) is 31.9. The first kappa shape index (κ1) is 45.5. The van der Waals surface area contributed by atoms with E-state index in [1.54, 1.807) is 23.5 Å². The fourth-order valence-corrected chi connectivity index (χ4v) is 11.2. The smallest absolute Gasteiger partial charge is 0.254 e. The van der Waals surface area contributed by atoms with E-state index in [2.05, 4.69) is 45.7 Å². The number of amides is 2. The van der Waals surface area contributed by atoms with Crippen LogP contribution in [0.25, 0.3) is 21.7 Å². The van der Waals surface area contributed by atoms with Gasteiger partial charge >= 0.3 is 0 Å². The van der Waals surface area contributed by atoms with Gasteiger partial charge in [-0.05, 0) is 86.5 Å². The second-order valence-corrected chi connectivity index (χ2v) is 19.8. The number of phenolic OH excluding ortho intramolecular Hbond substituents is 1. The number of likely N-dealkylation sites (tertiary alicyclic amines) is 2. The van der Waals surface area contributed by atoms with Crippen molar-refractivity contribution in [2.24, 2.45) is 11.8 Å². The number of aliphatic hydroxyl groups excluding tert-OH is 1. The fourth-order valence-electron chi connectivity index (χ4n) is 10.4. The molecule has 2 aromatic carbocycles. The van der Waals surface area contributed by atoms with Gasteiger partial charge in [0.05, 0.1) is 45.7 Å². The van der Waals surface area contributed by atoms with Crippen molar-refractivity contribution in [3.63, 3.8) is 0 Å². The minimum absolute atomic E-state index is 0.0592. The summed E-state index contributed by atoms with van der Waals surface area (Å²) in [5, 5.41) is 40.9. The SMILES string of the molecule is Cc1ncsc1-c1ccc([C@H](C)NC(=O)[C@@H]2C[C@@H](O)CN2C(=O)[C@@H](c2cc(O[C@@H](C)CN3CCC[C@@H](CN4CCN5c6cc(-c7ccccc7O)nnc6NC[C@H]5C4)C3)no2)C(C)C)cc1. The number of aromatic hydroxyl groups is 1. The van der Waals surface area contributed by atoms with Crippen LogP contribution in [0.15, 0.2) is 70.7 Å². The predicted molar refractivity (Wildman–Crippen MR) is 254 cm³/mol. The summed E-state index contributed by atoms with van der Waals surface area (Å²) < 4.78 is 12.1. The zero-order valence-electron chi connectivity index (χ0n) is 38.5. The molecule has 7 atom stereocenters. The molecule has 3 fully saturated rings. The maximum absolute atomic E-state index is 14.3. The molecular weight excluding hydrogens is 857 g/mol. The second kappa shape index (κ2) is 19.7. The minimum atomic E-state index is -0.824. The number of para-hydroxylation sites is 1. The quantitative estimate of drug-likeness (QED) is 0.103. The standard InChI is InChI=1S/C49H62N10O6S/c1-29(2)45(49(63)59-27-37(60)19-41(59)48(62)52-31(4)34-12-14-35(15-13-34)46-32(5)51-28-66-46)43-21-44(55-65-43)64-30(3)23-56-16-8-9-33(24-56)25-57-17-18-58-36(26-57)22-50-47-40(58)20-39(53-54-47)38-10-6-7-11-42(38)61/h6-7,10-15,20-21,28-31,33,36-37,41,45,60-61H,8-9,16-19,22-27H2,1-5H3,(H,50,54)(H,52,62)/t30-,31-,33+,36-,37+,41-,45+/m0/s1. The predicted octanol–water partition coefficient (Wildman–Crippen LogP) is 5.94. The summed E-state index contributed by atoms with van der Waals surface area (Å²) in [5.74, 6) is 0.744. The molecule has 0 bridgehead atoms. The van der Waals surface area contributed by atoms with Crippen molar-refractivity contribution in [1.82, 2.24) is 40.4 Å². The number of ether oxygens (including phenoxy) is 1. The molecule has 0 saturated carbocycles. The number of rotatable bonds is 14. The highest BCUT2D eigenvalue weighted by molar-refractivity contribution is 7.13. The number of anilines is 2. The average molecular weight is 919 g/mol. The van der Waals surface area contributed by atoms with E-state index < -0.39 is 18.1 Å². The number of nitrogens with one attached hydrogen (secondary N) is 2. The van der Waals surface area contributed by atoms with E-state index in [4.69, 9.17) is 9.26 Å². The van der Waals surface area contributed by atoms with Crippen molar-refractivity contribution in [1.29, 1.82) is 0 Å². The Kier molecular flexibility index (Phi) is 13.6. The highest BCUT2D eigenvalue weighted by Crippen LogP contribution is 2.37. The number of nitrogens with zero attached hydrogens (tertiary/aromatic N) is 8. The van der Waals surface area contributed by atoms with E-state index in [1.165, 1.54) is 11.3 Å². The summed E-state index contributed by atoms with van der Waals surface area (Å²) in [7, 11) is 0. The van der Waals surface area contributed by atoms with Crippen LogP contribution in [-0.4, -0.2) is 140 Å². The molecule has 4 aliphatic rings. The average Bonchev–Trinajstić information content (AvgIpc) is 4.06. The number of piperidine rings is 1. The number of aliphatic hydroxyl groups is 1. The van der Waals surface area contributed by atoms with Crippen molar-refractivity contribution in [3.05, 3.63) is 83.2 Å². The second-order valence-electron chi connectivity index (χ2n) is 19.0. The number of benzene rings is 2. The maximum Gasteiger partial charge on any atom is 0.254 e. The number of β-amino-alcohol motifs (C(OH)–C–C–N with tert-alkyl or cyclic N) is 1. The van der Waals surface area contributed by atoms with Gasteiger partial charge in [0.25, 0.3) is 5.88 Å². The summed E-state index contributed by atoms with van der Waals surface area (Å²) in [6, 6.07) is 18.2. The highest BCUT2D eigenvalue weighted by Gasteiger charge is 2.44. The summed E-state index contributed by atoms with van der Waals surface area (Å²) in [6.07, 6.45) is 1.47. The largest absolute Gasteiger partial charge is 0.507 e. The highest BCUT2D eigenvalue weighted by atomic mass is 32.1. The molecule has 2 amide bonds. The van der Waals surface area contributed by atoms with Crippen LogP contribution in [0, 0.1) is 18.8 Å². The number of aromatic nitrogens is 4. The zero-order chi connectivity index (χ0) is 46.1. The Hall–Kier alpha value is -5.62. The van der Waals surface area contributed by atoms with Crippen LogP contribution in [0.2, 0.25) is 0 Å². The number of phenols is 1. The minimum Gasteiger partial charge on any atom is -0.507 e. The lowest BCUT2D eigenvalue weighted by molar-refractivity contribution is -0.141. The van der Waals surface area contributed by atoms with Gasteiger partial charge in [0, 0.05) is 70.4 Å². The molecule has 0 aliphatic carbocycles. The third-order valence-corrected chi connectivity index (χ3v) is 14.7. The van der Waals surface area contributed by atoms with Crippen molar-refractivity contribution in [2.75, 3.05) is 69.1 Å². The molecule has 0 spiro atoms. The number of carbonyl (C=O) groups is 2. The molecule has 3 aromatic heterocycles. The van der Waals surface area contributed by atoms with Crippen molar-refractivity contribution in [2.45, 2.75) is 90.1 Å². The van der Waals surface area contributed by atoms with Crippen molar-refractivity contribution >= 4 is 34.7 Å². The van der Waals surface area contributed by atoms with Crippen molar-refractivity contribution < 1.29 is 29.1 Å². The molecule has 350 valence electrons. The van der Waals surface area contributed by atoms with E-state index in [9.17, 15) is 19.8 Å². The van der Waals surface area contributed by atoms with Gasteiger partial charge in [-0.1, -0.05) is 50.2 Å². The first-order valence-electron chi connectivity index (χ1n) is 23.4. The summed E-state index contributed by atoms with van der Waals surface area (Å²) in [4.78, 5) is 42.6. The Morgan fingerprint density at radius 2 is 1.82 bits per heavy atom. The third kappa shape index (κ3) is 9.89. The van der Waals surface area contributed by atoms with E-state index >= 15 is 0 Å². The number of hydrogen-bond donors (Lipinski definition) is 4. The lowest BCUT2D eigenvalue weighted by Crippen LogP contribution is -2.59. The van der Waals surface area contributed by atoms with Crippen LogP contribution in [0.4, 0.5) is 11.5 Å². The molecule has 0 radical (unpaired) electrons. The van der Waals surface area contributed by atoms with Crippen LogP contribution in [0.1, 0.15) is 75.9 Å². The Morgan fingerprint density at radius 3 is 2.59 bits per heavy atom. The Morgan fingerprint density at radius 1 is 1.00 bits per heavy atom. The molecule has 4 aliphatic heterocycles. The van der Waals surface area contributed by atoms with Crippen molar-refractivity contribution in [3.8, 4) is 33.3 Å². The van der Waals surface area contributed by atoms with E-state index in [-0.39, 0.29) is 48.6 Å². The summed E-state index contributed by atoms with van der Waals surface area (Å²) >= 11 is 1.59. The number of piperazine rings is 1. The number of aryl methyl sites for hydroxylation is 1. The molecular formula is C49H62N10O6S. The monoisotopic (exact) mass is 918 g/mol. The van der Waals surface area contributed by atoms with Gasteiger partial charge in [-0.3, -0.25) is 19.4 Å². The van der Waals surface area contributed by atoms with Crippen LogP contribution >= 0.6 is 11.3 Å². The maximum atomic E-state index is 14.3. The third-order valence-electron chi connectivity index (χ3n) is 13.7. The van der Waals surface area contributed by atoms with Gasteiger partial charge in [0.1, 0.15) is 23.8 Å². The summed E-state index contributed by atoms with van der Waals surface area (Å²) in [5.41, 5.74) is 7.21. The number of fused-ring (bicyclic) bond motifs is 3. The molecule has 9 rings (SSSR count). The molecule has 5 aromatic rings. The molecule has 7 heterocycles. The summed E-state index contributed by atoms with van der Waals surface area (Å²) in [6.45, 7) is 17.3. The number of carbonyl (C=O) groups excluding carboxylic acids is 2. The molecule has 4 N–H and O–H groups in total. The molecule has 66 heavy (non-hydrogen) atoms. The van der Waals surface area contributed by atoms with Crippen LogP contribution in [-0.2, 0) is 9.59 Å². The Labute approximate surface area is 390 Å². The topological polar surface area (TPSA) is 186 Å². The van der Waals surface area contributed by atoms with Crippen LogP contribution in [0.5, 0.6) is 11.6 Å². The van der Waals surface area contributed by atoms with Gasteiger partial charge in [-0.15, -0.1) is 21.5 Å². The molecule has 3 saturated heterocycles. The van der Waals surface area contributed by atoms with E-state index in [1.807, 2.05) is 88.7 Å². The van der Waals surface area contributed by atoms with Crippen LogP contribution in [0.3, 0.4) is 0 Å². The van der Waals surface area contributed by atoms with Gasteiger partial charge in [-0.25, -0.2) is 4.98 Å². The molecule has 17 heteroatoms. The lowest BCUT2D eigenvalue weighted by Gasteiger charge is -2.47. The molecule has 16 nitrogen and oxygen atoms in total. The Bertz CT molecular complexity index is 2480. The van der Waals surface area contributed by atoms with Gasteiger partial charge in [0.15, 0.2) is 11.6 Å². The van der Waals surface area contributed by atoms with Gasteiger partial charge < -0.3 is 39.9 Å². The zero-order valence-corrected chi connectivity index (χ0v) is 39.3. The number of hydrogen-bond acceptors (Lipinski definition) is 15. The van der Waals surface area contributed by atoms with E-state index in [0.717, 1.165) is 92.0 Å². The number of thiazole rings is 1. The van der Waals surface area contributed by atoms with Gasteiger partial charge in [0.2, 0.25) is 11.8 Å². The first-order valence-corrected chi connectivity index (χ1v) is 24.3. The normalized spacial score (nSPS) is 22.6. The fraction of sp³-hybridized carbons (Fsp3) is 0.510. The Balaban J connectivity index is 0.764. The van der Waals surface area contributed by atoms with Crippen LogP contribution < -0.4 is 20.3 Å².